The quantitative estimate of drug-likeness (QED) is 0.789. The van der Waals surface area contributed by atoms with Crippen LogP contribution in [0, 0.1) is 6.92 Å². The van der Waals surface area contributed by atoms with Crippen molar-refractivity contribution in [3.8, 4) is 5.75 Å². The van der Waals surface area contributed by atoms with Crippen LogP contribution in [0.25, 0.3) is 0 Å². The molecule has 1 aromatic heterocycles. The molecule has 0 spiro atoms. The Hall–Kier alpha value is -1.81. The van der Waals surface area contributed by atoms with Gasteiger partial charge in [-0.1, -0.05) is 18.2 Å². The van der Waals surface area contributed by atoms with Gasteiger partial charge in [0.1, 0.15) is 5.75 Å². The van der Waals surface area contributed by atoms with Crippen LogP contribution in [-0.2, 0) is 20.0 Å². The van der Waals surface area contributed by atoms with Crippen molar-refractivity contribution in [2.24, 2.45) is 7.05 Å². The summed E-state index contributed by atoms with van der Waals surface area (Å²) in [6, 6.07) is 5.82. The lowest BCUT2D eigenvalue weighted by atomic mass is 10.1. The van der Waals surface area contributed by atoms with Gasteiger partial charge >= 0.3 is 0 Å². The van der Waals surface area contributed by atoms with Crippen LogP contribution in [0.15, 0.2) is 30.6 Å². The second kappa shape index (κ2) is 5.69. The number of rotatable bonds is 5. The molecule has 0 fully saturated rings. The van der Waals surface area contributed by atoms with E-state index in [-0.39, 0.29) is 0 Å². The van der Waals surface area contributed by atoms with Crippen molar-refractivity contribution >= 4 is 0 Å². The van der Waals surface area contributed by atoms with Crippen LogP contribution in [0.5, 0.6) is 5.75 Å². The van der Waals surface area contributed by atoms with Gasteiger partial charge < -0.3 is 10.4 Å². The summed E-state index contributed by atoms with van der Waals surface area (Å²) >= 11 is 0. The van der Waals surface area contributed by atoms with E-state index in [1.54, 1.807) is 0 Å². The van der Waals surface area contributed by atoms with Gasteiger partial charge in [0, 0.05) is 25.4 Å². The molecule has 1 aromatic carbocycles. The van der Waals surface area contributed by atoms with E-state index in [0.717, 1.165) is 24.1 Å². The van der Waals surface area contributed by atoms with Gasteiger partial charge in [-0.2, -0.15) is 5.10 Å². The van der Waals surface area contributed by atoms with Crippen LogP contribution in [-0.4, -0.2) is 21.4 Å². The maximum Gasteiger partial charge on any atom is 0.122 e. The Morgan fingerprint density at radius 1 is 1.39 bits per heavy atom. The summed E-state index contributed by atoms with van der Waals surface area (Å²) in [7, 11) is 1.92. The third-order valence-corrected chi connectivity index (χ3v) is 2.99. The number of phenolic OH excluding ortho intramolecular Hbond substituents is 1. The average molecular weight is 245 g/mol. The molecule has 0 saturated carbocycles. The second-order valence-corrected chi connectivity index (χ2v) is 4.53. The van der Waals surface area contributed by atoms with Crippen molar-refractivity contribution in [1.82, 2.24) is 15.1 Å². The molecule has 18 heavy (non-hydrogen) atoms. The number of hydrogen-bond donors (Lipinski definition) is 2. The van der Waals surface area contributed by atoms with Gasteiger partial charge in [-0.25, -0.2) is 0 Å². The number of aryl methyl sites for hydroxylation is 2. The van der Waals surface area contributed by atoms with E-state index in [0.29, 0.717) is 12.3 Å². The molecule has 0 aliphatic carbocycles. The van der Waals surface area contributed by atoms with Crippen molar-refractivity contribution in [1.29, 1.82) is 0 Å². The Balaban J connectivity index is 1.80. The molecule has 2 rings (SSSR count). The molecule has 4 heteroatoms. The van der Waals surface area contributed by atoms with Gasteiger partial charge in [-0.05, 0) is 31.0 Å². The van der Waals surface area contributed by atoms with Crippen LogP contribution in [0.4, 0.5) is 0 Å². The van der Waals surface area contributed by atoms with E-state index < -0.39 is 0 Å². The van der Waals surface area contributed by atoms with Gasteiger partial charge in [0.15, 0.2) is 0 Å². The molecule has 1 heterocycles. The van der Waals surface area contributed by atoms with Crippen LogP contribution in [0.1, 0.15) is 16.7 Å². The Kier molecular flexibility index (Phi) is 3.99. The van der Waals surface area contributed by atoms with Crippen molar-refractivity contribution < 1.29 is 5.11 Å². The number of phenols is 1. The standard InChI is InChI=1S/C14H19N3O/c1-11-4-3-5-13(14(11)18)9-15-7-6-12-8-16-17(2)10-12/h3-5,8,10,15,18H,6-7,9H2,1-2H3. The molecule has 96 valence electrons. The SMILES string of the molecule is Cc1cccc(CNCCc2cnn(C)c2)c1O. The van der Waals surface area contributed by atoms with Crippen molar-refractivity contribution in [2.75, 3.05) is 6.54 Å². The Labute approximate surface area is 107 Å². The van der Waals surface area contributed by atoms with Gasteiger partial charge in [0.05, 0.1) is 6.20 Å². The maximum absolute atomic E-state index is 9.86. The van der Waals surface area contributed by atoms with Gasteiger partial charge in [-0.3, -0.25) is 4.68 Å². The van der Waals surface area contributed by atoms with Crippen molar-refractivity contribution in [2.45, 2.75) is 19.9 Å². The predicted octanol–water partition coefficient (Wildman–Crippen LogP) is 1.77. The summed E-state index contributed by atoms with van der Waals surface area (Å²) in [6.07, 6.45) is 4.85. The van der Waals surface area contributed by atoms with E-state index in [4.69, 9.17) is 0 Å². The number of benzene rings is 1. The van der Waals surface area contributed by atoms with Crippen LogP contribution < -0.4 is 5.32 Å². The molecule has 0 atom stereocenters. The number of para-hydroxylation sites is 1. The number of aromatic hydroxyl groups is 1. The Morgan fingerprint density at radius 2 is 2.22 bits per heavy atom. The van der Waals surface area contributed by atoms with Crippen LogP contribution >= 0.6 is 0 Å². The van der Waals surface area contributed by atoms with Crippen LogP contribution in [0.3, 0.4) is 0 Å². The minimum Gasteiger partial charge on any atom is -0.507 e. The van der Waals surface area contributed by atoms with Gasteiger partial charge in [0.2, 0.25) is 0 Å². The first-order valence-corrected chi connectivity index (χ1v) is 6.12. The topological polar surface area (TPSA) is 50.1 Å². The first-order chi connectivity index (χ1) is 8.66. The van der Waals surface area contributed by atoms with E-state index in [1.807, 2.05) is 49.2 Å². The molecule has 0 unspecified atom stereocenters. The summed E-state index contributed by atoms with van der Waals surface area (Å²) in [5.74, 6) is 0.395. The number of hydrogen-bond acceptors (Lipinski definition) is 3. The summed E-state index contributed by atoms with van der Waals surface area (Å²) in [4.78, 5) is 0. The molecule has 0 radical (unpaired) electrons. The Morgan fingerprint density at radius 3 is 2.94 bits per heavy atom. The van der Waals surface area contributed by atoms with Crippen molar-refractivity contribution in [3.05, 3.63) is 47.3 Å². The van der Waals surface area contributed by atoms with E-state index in [9.17, 15) is 5.11 Å². The number of nitrogens with zero attached hydrogens (tertiary/aromatic N) is 2. The third kappa shape index (κ3) is 3.11. The second-order valence-electron chi connectivity index (χ2n) is 4.53. The molecule has 2 aromatic rings. The lowest BCUT2D eigenvalue weighted by Gasteiger charge is -2.08. The fraction of sp³-hybridized carbons (Fsp3) is 0.357. The Bertz CT molecular complexity index is 520. The highest BCUT2D eigenvalue weighted by Crippen LogP contribution is 2.20. The molecule has 0 saturated heterocycles. The molecule has 0 aliphatic heterocycles. The van der Waals surface area contributed by atoms with E-state index in [1.165, 1.54) is 5.56 Å². The summed E-state index contributed by atoms with van der Waals surface area (Å²) in [6.45, 7) is 3.47. The van der Waals surface area contributed by atoms with E-state index >= 15 is 0 Å². The largest absolute Gasteiger partial charge is 0.507 e. The van der Waals surface area contributed by atoms with Gasteiger partial charge in [0.25, 0.3) is 0 Å². The molecule has 0 bridgehead atoms. The monoisotopic (exact) mass is 245 g/mol. The number of aromatic nitrogens is 2. The normalized spacial score (nSPS) is 10.8. The molecule has 2 N–H and O–H groups in total. The smallest absolute Gasteiger partial charge is 0.122 e. The van der Waals surface area contributed by atoms with Gasteiger partial charge in [-0.15, -0.1) is 0 Å². The lowest BCUT2D eigenvalue weighted by Crippen LogP contribution is -2.16. The zero-order valence-corrected chi connectivity index (χ0v) is 10.8. The highest BCUT2D eigenvalue weighted by Gasteiger charge is 2.03. The third-order valence-electron chi connectivity index (χ3n) is 2.99. The fourth-order valence-corrected chi connectivity index (χ4v) is 1.92. The summed E-state index contributed by atoms with van der Waals surface area (Å²) < 4.78 is 1.81. The highest BCUT2D eigenvalue weighted by atomic mass is 16.3. The lowest BCUT2D eigenvalue weighted by molar-refractivity contribution is 0.460. The average Bonchev–Trinajstić information content (AvgIpc) is 2.76. The van der Waals surface area contributed by atoms with E-state index in [2.05, 4.69) is 10.4 Å². The molecular formula is C14H19N3O. The zero-order valence-electron chi connectivity index (χ0n) is 10.8. The number of nitrogens with one attached hydrogen (secondary N) is 1. The molecule has 4 nitrogen and oxygen atoms in total. The summed E-state index contributed by atoms with van der Waals surface area (Å²) in [5.41, 5.74) is 3.08. The maximum atomic E-state index is 9.86. The minimum absolute atomic E-state index is 0.395. The molecular weight excluding hydrogens is 226 g/mol. The first kappa shape index (κ1) is 12.6. The minimum atomic E-state index is 0.395. The predicted molar refractivity (Wildman–Crippen MR) is 71.5 cm³/mol. The summed E-state index contributed by atoms with van der Waals surface area (Å²) in [5, 5.41) is 17.3. The molecule has 0 aliphatic rings. The van der Waals surface area contributed by atoms with Crippen LogP contribution in [0.2, 0.25) is 0 Å². The first-order valence-electron chi connectivity index (χ1n) is 6.12. The van der Waals surface area contributed by atoms with Crippen molar-refractivity contribution in [3.63, 3.8) is 0 Å². The zero-order chi connectivity index (χ0) is 13.0. The fourth-order valence-electron chi connectivity index (χ4n) is 1.92. The highest BCUT2D eigenvalue weighted by molar-refractivity contribution is 5.39. The molecule has 0 amide bonds.